The summed E-state index contributed by atoms with van der Waals surface area (Å²) in [5.41, 5.74) is 5.51. The Morgan fingerprint density at radius 2 is 1.85 bits per heavy atom. The number of fused-ring (bicyclic) bond motifs is 1. The minimum atomic E-state index is -0.466. The third kappa shape index (κ3) is 6.46. The van der Waals surface area contributed by atoms with Crippen LogP contribution in [0.5, 0.6) is 11.5 Å². The van der Waals surface area contributed by atoms with E-state index < -0.39 is 5.91 Å². The van der Waals surface area contributed by atoms with Crippen molar-refractivity contribution < 1.29 is 14.3 Å². The Morgan fingerprint density at radius 1 is 1.10 bits per heavy atom. The molecule has 0 unspecified atom stereocenters. The summed E-state index contributed by atoms with van der Waals surface area (Å²) >= 11 is 0. The Bertz CT molecular complexity index is 1530. The zero-order chi connectivity index (χ0) is 27.9. The van der Waals surface area contributed by atoms with Crippen LogP contribution in [0.4, 0.5) is 0 Å². The second kappa shape index (κ2) is 12.3. The van der Waals surface area contributed by atoms with Gasteiger partial charge in [-0.1, -0.05) is 30.3 Å². The molecular formula is C31H33N5O3. The number of likely N-dealkylation sites (N-methyl/N-ethyl adjacent to an activating group) is 1. The summed E-state index contributed by atoms with van der Waals surface area (Å²) in [4.78, 5) is 22.9. The molecule has 0 radical (unpaired) electrons. The van der Waals surface area contributed by atoms with Crippen molar-refractivity contribution in [3.63, 3.8) is 0 Å². The third-order valence-corrected chi connectivity index (χ3v) is 6.62. The molecule has 2 aromatic heterocycles. The van der Waals surface area contributed by atoms with E-state index in [2.05, 4.69) is 58.5 Å². The summed E-state index contributed by atoms with van der Waals surface area (Å²) in [7, 11) is 7.26. The van der Waals surface area contributed by atoms with Crippen molar-refractivity contribution in [3.05, 3.63) is 83.2 Å². The molecule has 1 amide bonds. The highest BCUT2D eigenvalue weighted by atomic mass is 16.5. The minimum Gasteiger partial charge on any atom is -0.493 e. The van der Waals surface area contributed by atoms with Gasteiger partial charge in [-0.2, -0.15) is 5.26 Å². The Balaban J connectivity index is 1.55. The molecule has 4 aromatic rings. The summed E-state index contributed by atoms with van der Waals surface area (Å²) < 4.78 is 10.7. The van der Waals surface area contributed by atoms with Gasteiger partial charge in [0.25, 0.3) is 5.91 Å². The average Bonchev–Trinajstić information content (AvgIpc) is 3.36. The lowest BCUT2D eigenvalue weighted by Crippen LogP contribution is -2.27. The number of nitrogens with one attached hydrogen (secondary N) is 2. The van der Waals surface area contributed by atoms with Crippen LogP contribution in [0.1, 0.15) is 29.7 Å². The SMILES string of the molecule is COc1ccc([C@@H](C)NC(=O)/C(C#N)=C\c2c[nH]c3ncc(-c4ccc(CCN(C)C)cc4)cc23)cc1OC. The van der Waals surface area contributed by atoms with Crippen molar-refractivity contribution in [1.82, 2.24) is 20.2 Å². The van der Waals surface area contributed by atoms with E-state index in [-0.39, 0.29) is 11.6 Å². The maximum atomic E-state index is 13.0. The number of aromatic amines is 1. The van der Waals surface area contributed by atoms with E-state index >= 15 is 0 Å². The molecule has 0 fully saturated rings. The molecule has 1 atom stereocenters. The number of methoxy groups -OCH3 is 2. The first kappa shape index (κ1) is 27.4. The van der Waals surface area contributed by atoms with Crippen LogP contribution in [0.2, 0.25) is 0 Å². The van der Waals surface area contributed by atoms with Gasteiger partial charge in [-0.3, -0.25) is 4.79 Å². The summed E-state index contributed by atoms with van der Waals surface area (Å²) in [5.74, 6) is 0.703. The Hall–Kier alpha value is -4.61. The topological polar surface area (TPSA) is 103 Å². The first-order valence-electron chi connectivity index (χ1n) is 12.7. The fourth-order valence-corrected chi connectivity index (χ4v) is 4.30. The summed E-state index contributed by atoms with van der Waals surface area (Å²) in [6.45, 7) is 2.84. The number of ether oxygens (including phenoxy) is 2. The number of carbonyl (C=O) groups is 1. The predicted octanol–water partition coefficient (Wildman–Crippen LogP) is 5.14. The van der Waals surface area contributed by atoms with E-state index in [1.54, 1.807) is 38.6 Å². The molecule has 2 heterocycles. The number of aromatic nitrogens is 2. The molecule has 0 saturated heterocycles. The second-order valence-electron chi connectivity index (χ2n) is 9.59. The van der Waals surface area contributed by atoms with E-state index in [9.17, 15) is 10.1 Å². The molecule has 2 aromatic carbocycles. The zero-order valence-corrected chi connectivity index (χ0v) is 22.9. The fraction of sp³-hybridized carbons (Fsp3) is 0.258. The lowest BCUT2D eigenvalue weighted by atomic mass is 10.0. The van der Waals surface area contributed by atoms with Crippen LogP contribution in [0.25, 0.3) is 28.2 Å². The largest absolute Gasteiger partial charge is 0.493 e. The molecule has 0 spiro atoms. The highest BCUT2D eigenvalue weighted by Crippen LogP contribution is 2.30. The number of pyridine rings is 1. The van der Waals surface area contributed by atoms with Gasteiger partial charge in [-0.05, 0) is 68.4 Å². The smallest absolute Gasteiger partial charge is 0.262 e. The second-order valence-corrected chi connectivity index (χ2v) is 9.59. The Kier molecular flexibility index (Phi) is 8.64. The first-order chi connectivity index (χ1) is 18.8. The number of rotatable bonds is 10. The van der Waals surface area contributed by atoms with Crippen LogP contribution < -0.4 is 14.8 Å². The number of hydrogen-bond donors (Lipinski definition) is 2. The molecule has 2 N–H and O–H groups in total. The van der Waals surface area contributed by atoms with Gasteiger partial charge < -0.3 is 24.7 Å². The molecule has 200 valence electrons. The van der Waals surface area contributed by atoms with Gasteiger partial charge in [0.15, 0.2) is 11.5 Å². The molecule has 0 aliphatic carbocycles. The van der Waals surface area contributed by atoms with Crippen molar-refractivity contribution >= 4 is 23.0 Å². The van der Waals surface area contributed by atoms with E-state index in [1.807, 2.05) is 31.3 Å². The molecule has 0 bridgehead atoms. The van der Waals surface area contributed by atoms with E-state index in [0.29, 0.717) is 22.7 Å². The highest BCUT2D eigenvalue weighted by molar-refractivity contribution is 6.04. The molecule has 39 heavy (non-hydrogen) atoms. The molecule has 0 saturated carbocycles. The van der Waals surface area contributed by atoms with Crippen molar-refractivity contribution in [2.45, 2.75) is 19.4 Å². The maximum Gasteiger partial charge on any atom is 0.262 e. The number of nitrogens with zero attached hydrogens (tertiary/aromatic N) is 3. The van der Waals surface area contributed by atoms with E-state index in [0.717, 1.165) is 35.0 Å². The molecule has 0 aliphatic rings. The number of benzene rings is 2. The average molecular weight is 524 g/mol. The Morgan fingerprint density at radius 3 is 2.51 bits per heavy atom. The van der Waals surface area contributed by atoms with E-state index in [4.69, 9.17) is 9.47 Å². The van der Waals surface area contributed by atoms with Crippen molar-refractivity contribution in [2.24, 2.45) is 0 Å². The number of hydrogen-bond acceptors (Lipinski definition) is 6. The summed E-state index contributed by atoms with van der Waals surface area (Å²) in [6, 6.07) is 17.6. The van der Waals surface area contributed by atoms with Gasteiger partial charge in [0, 0.05) is 35.5 Å². The van der Waals surface area contributed by atoms with Gasteiger partial charge >= 0.3 is 0 Å². The number of carbonyl (C=O) groups excluding carboxylic acids is 1. The normalized spacial score (nSPS) is 12.3. The van der Waals surface area contributed by atoms with Crippen LogP contribution in [0.15, 0.2) is 66.5 Å². The lowest BCUT2D eigenvalue weighted by Gasteiger charge is -2.16. The highest BCUT2D eigenvalue weighted by Gasteiger charge is 2.17. The first-order valence-corrected chi connectivity index (χ1v) is 12.7. The molecule has 8 nitrogen and oxygen atoms in total. The van der Waals surface area contributed by atoms with Crippen LogP contribution in [-0.2, 0) is 11.2 Å². The van der Waals surface area contributed by atoms with Gasteiger partial charge in [0.1, 0.15) is 17.3 Å². The van der Waals surface area contributed by atoms with Gasteiger partial charge in [-0.15, -0.1) is 0 Å². The van der Waals surface area contributed by atoms with Crippen molar-refractivity contribution in [2.75, 3.05) is 34.9 Å². The number of nitriles is 1. The number of amides is 1. The molecule has 4 rings (SSSR count). The summed E-state index contributed by atoms with van der Waals surface area (Å²) in [5, 5.41) is 13.5. The van der Waals surface area contributed by atoms with E-state index in [1.165, 1.54) is 5.56 Å². The van der Waals surface area contributed by atoms with Crippen molar-refractivity contribution in [1.29, 1.82) is 5.26 Å². The quantitative estimate of drug-likeness (QED) is 0.221. The predicted molar refractivity (Wildman–Crippen MR) is 153 cm³/mol. The van der Waals surface area contributed by atoms with Gasteiger partial charge in [0.05, 0.1) is 20.3 Å². The van der Waals surface area contributed by atoms with Crippen LogP contribution in [0.3, 0.4) is 0 Å². The van der Waals surface area contributed by atoms with Crippen molar-refractivity contribution in [3.8, 4) is 28.7 Å². The minimum absolute atomic E-state index is 0.00104. The molecule has 0 aliphatic heterocycles. The molecule has 8 heteroatoms. The third-order valence-electron chi connectivity index (χ3n) is 6.62. The fourth-order valence-electron chi connectivity index (χ4n) is 4.30. The van der Waals surface area contributed by atoms with Gasteiger partial charge in [-0.25, -0.2) is 4.98 Å². The Labute approximate surface area is 228 Å². The number of H-pyrrole nitrogens is 1. The maximum absolute atomic E-state index is 13.0. The van der Waals surface area contributed by atoms with Crippen LogP contribution >= 0.6 is 0 Å². The summed E-state index contributed by atoms with van der Waals surface area (Å²) in [6.07, 6.45) is 6.16. The lowest BCUT2D eigenvalue weighted by molar-refractivity contribution is -0.117. The van der Waals surface area contributed by atoms with Gasteiger partial charge in [0.2, 0.25) is 0 Å². The monoisotopic (exact) mass is 523 g/mol. The van der Waals surface area contributed by atoms with Crippen LogP contribution in [-0.4, -0.2) is 55.6 Å². The zero-order valence-electron chi connectivity index (χ0n) is 22.9. The standard InChI is InChI=1S/C31H33N5O3/c1-20(23-10-11-28(38-4)29(16-23)39-5)35-31(37)24(17-32)14-26-19-34-30-27(26)15-25(18-33-30)22-8-6-21(7-9-22)12-13-36(2)3/h6-11,14-16,18-20H,12-13H2,1-5H3,(H,33,34)(H,35,37)/b24-14-/t20-/m1/s1. The molecular weight excluding hydrogens is 490 g/mol. The van der Waals surface area contributed by atoms with Crippen LogP contribution in [0, 0.1) is 11.3 Å².